The zero-order valence-electron chi connectivity index (χ0n) is 11.8. The summed E-state index contributed by atoms with van der Waals surface area (Å²) in [4.78, 5) is 13.9. The predicted octanol–water partition coefficient (Wildman–Crippen LogP) is 1.95. The molecule has 7 heteroatoms. The molecule has 0 aliphatic carbocycles. The summed E-state index contributed by atoms with van der Waals surface area (Å²) in [5.41, 5.74) is 0. The van der Waals surface area contributed by atoms with Crippen LogP contribution < -0.4 is 5.32 Å². The van der Waals surface area contributed by atoms with Crippen molar-refractivity contribution in [2.45, 2.75) is 44.8 Å². The minimum Gasteiger partial charge on any atom is -0.372 e. The van der Waals surface area contributed by atoms with Gasteiger partial charge < -0.3 is 15.0 Å². The van der Waals surface area contributed by atoms with E-state index >= 15 is 0 Å². The maximum absolute atomic E-state index is 12.1. The van der Waals surface area contributed by atoms with E-state index in [-0.39, 0.29) is 25.0 Å². The third-order valence-electron chi connectivity index (χ3n) is 3.26. The summed E-state index contributed by atoms with van der Waals surface area (Å²) in [5, 5.41) is 3.23. The first kappa shape index (κ1) is 17.2. The van der Waals surface area contributed by atoms with Gasteiger partial charge in [-0.15, -0.1) is 0 Å². The standard InChI is InChI=1S/C13H23F3N2O2/c1-2-8-18(11-3-6-17-7-4-11)12(19)5-9-20-10-13(14,15)16/h11,17H,2-10H2,1H3. The molecule has 1 amide bonds. The van der Waals surface area contributed by atoms with Crippen molar-refractivity contribution in [3.8, 4) is 0 Å². The molecule has 1 heterocycles. The fraction of sp³-hybridized carbons (Fsp3) is 0.923. The van der Waals surface area contributed by atoms with Crippen LogP contribution in [0.5, 0.6) is 0 Å². The highest BCUT2D eigenvalue weighted by Gasteiger charge is 2.28. The summed E-state index contributed by atoms with van der Waals surface area (Å²) in [7, 11) is 0. The molecule has 20 heavy (non-hydrogen) atoms. The predicted molar refractivity (Wildman–Crippen MR) is 69.4 cm³/mol. The zero-order valence-corrected chi connectivity index (χ0v) is 11.8. The molecule has 0 spiro atoms. The molecule has 0 aromatic heterocycles. The van der Waals surface area contributed by atoms with Crippen molar-refractivity contribution in [2.75, 3.05) is 32.8 Å². The SMILES string of the molecule is CCCN(C(=O)CCOCC(F)(F)F)C1CCNCC1. The van der Waals surface area contributed by atoms with Gasteiger partial charge in [-0.2, -0.15) is 13.2 Å². The Labute approximate surface area is 117 Å². The fourth-order valence-corrected chi connectivity index (χ4v) is 2.36. The normalized spacial score (nSPS) is 17.2. The lowest BCUT2D eigenvalue weighted by atomic mass is 10.0. The Balaban J connectivity index is 2.35. The topological polar surface area (TPSA) is 41.6 Å². The molecule has 118 valence electrons. The molecule has 1 N–H and O–H groups in total. The van der Waals surface area contributed by atoms with E-state index in [2.05, 4.69) is 10.1 Å². The molecule has 1 aliphatic heterocycles. The maximum Gasteiger partial charge on any atom is 0.411 e. The monoisotopic (exact) mass is 296 g/mol. The van der Waals surface area contributed by atoms with Gasteiger partial charge in [0, 0.05) is 12.6 Å². The van der Waals surface area contributed by atoms with Crippen molar-refractivity contribution in [3.05, 3.63) is 0 Å². The molecule has 0 unspecified atom stereocenters. The first-order valence-corrected chi connectivity index (χ1v) is 7.08. The average molecular weight is 296 g/mol. The van der Waals surface area contributed by atoms with Gasteiger partial charge in [-0.25, -0.2) is 0 Å². The van der Waals surface area contributed by atoms with Crippen LogP contribution in [0.25, 0.3) is 0 Å². The second-order valence-electron chi connectivity index (χ2n) is 4.99. The van der Waals surface area contributed by atoms with Gasteiger partial charge >= 0.3 is 6.18 Å². The number of hydrogen-bond donors (Lipinski definition) is 1. The fourth-order valence-electron chi connectivity index (χ4n) is 2.36. The van der Waals surface area contributed by atoms with Crippen molar-refractivity contribution < 1.29 is 22.7 Å². The van der Waals surface area contributed by atoms with Gasteiger partial charge in [0.1, 0.15) is 6.61 Å². The number of carbonyl (C=O) groups is 1. The maximum atomic E-state index is 12.1. The van der Waals surface area contributed by atoms with Crippen LogP contribution in [0.1, 0.15) is 32.6 Å². The molecule has 1 saturated heterocycles. The number of carbonyl (C=O) groups excluding carboxylic acids is 1. The Morgan fingerprint density at radius 2 is 2.00 bits per heavy atom. The van der Waals surface area contributed by atoms with Crippen LogP contribution in [-0.4, -0.2) is 55.9 Å². The Bertz CT molecular complexity index is 292. The molecule has 1 aliphatic rings. The Hall–Kier alpha value is -0.820. The van der Waals surface area contributed by atoms with Crippen molar-refractivity contribution in [3.63, 3.8) is 0 Å². The Kier molecular flexibility index (Phi) is 7.29. The van der Waals surface area contributed by atoms with Gasteiger partial charge in [0.2, 0.25) is 5.91 Å². The largest absolute Gasteiger partial charge is 0.411 e. The molecular weight excluding hydrogens is 273 g/mol. The van der Waals surface area contributed by atoms with Crippen LogP contribution in [0.4, 0.5) is 13.2 Å². The summed E-state index contributed by atoms with van der Waals surface area (Å²) >= 11 is 0. The number of rotatable bonds is 7. The van der Waals surface area contributed by atoms with Gasteiger partial charge in [-0.3, -0.25) is 4.79 Å². The summed E-state index contributed by atoms with van der Waals surface area (Å²) in [6, 6.07) is 0.200. The van der Waals surface area contributed by atoms with Crippen LogP contribution in [0.2, 0.25) is 0 Å². The molecule has 0 radical (unpaired) electrons. The van der Waals surface area contributed by atoms with E-state index in [1.54, 1.807) is 4.90 Å². The molecule has 0 saturated carbocycles. The van der Waals surface area contributed by atoms with Crippen molar-refractivity contribution in [1.82, 2.24) is 10.2 Å². The van der Waals surface area contributed by atoms with Crippen LogP contribution in [0.3, 0.4) is 0 Å². The molecular formula is C13H23F3N2O2. The molecule has 0 aromatic rings. The van der Waals surface area contributed by atoms with E-state index in [0.29, 0.717) is 6.54 Å². The lowest BCUT2D eigenvalue weighted by Crippen LogP contribution is -2.46. The molecule has 0 aromatic carbocycles. The number of piperidine rings is 1. The third-order valence-corrected chi connectivity index (χ3v) is 3.26. The zero-order chi connectivity index (χ0) is 15.0. The molecule has 4 nitrogen and oxygen atoms in total. The third kappa shape index (κ3) is 6.56. The highest BCUT2D eigenvalue weighted by atomic mass is 19.4. The van der Waals surface area contributed by atoms with Gasteiger partial charge in [0.25, 0.3) is 0 Å². The lowest BCUT2D eigenvalue weighted by Gasteiger charge is -2.34. The minimum absolute atomic E-state index is 0.0139. The van der Waals surface area contributed by atoms with Crippen LogP contribution in [-0.2, 0) is 9.53 Å². The second kappa shape index (κ2) is 8.46. The molecule has 0 bridgehead atoms. The molecule has 1 fully saturated rings. The summed E-state index contributed by atoms with van der Waals surface area (Å²) < 4.78 is 40.3. The van der Waals surface area contributed by atoms with Crippen LogP contribution >= 0.6 is 0 Å². The summed E-state index contributed by atoms with van der Waals surface area (Å²) in [5.74, 6) is -0.110. The minimum atomic E-state index is -4.33. The first-order valence-electron chi connectivity index (χ1n) is 7.08. The van der Waals surface area contributed by atoms with E-state index in [1.807, 2.05) is 6.92 Å². The summed E-state index contributed by atoms with van der Waals surface area (Å²) in [6.45, 7) is 2.93. The van der Waals surface area contributed by atoms with Crippen LogP contribution in [0.15, 0.2) is 0 Å². The number of amides is 1. The van der Waals surface area contributed by atoms with Crippen molar-refractivity contribution in [1.29, 1.82) is 0 Å². The second-order valence-corrected chi connectivity index (χ2v) is 4.99. The van der Waals surface area contributed by atoms with Crippen molar-refractivity contribution in [2.24, 2.45) is 0 Å². The van der Waals surface area contributed by atoms with Crippen molar-refractivity contribution >= 4 is 5.91 Å². The van der Waals surface area contributed by atoms with E-state index < -0.39 is 12.8 Å². The highest BCUT2D eigenvalue weighted by Crippen LogP contribution is 2.16. The van der Waals surface area contributed by atoms with Gasteiger partial charge in [-0.05, 0) is 32.4 Å². The van der Waals surface area contributed by atoms with Gasteiger partial charge in [0.05, 0.1) is 13.0 Å². The summed E-state index contributed by atoms with van der Waals surface area (Å²) in [6.07, 6.45) is -1.68. The Morgan fingerprint density at radius 1 is 1.35 bits per heavy atom. The smallest absolute Gasteiger partial charge is 0.372 e. The molecule has 0 atom stereocenters. The molecule has 1 rings (SSSR count). The number of halogens is 3. The van der Waals surface area contributed by atoms with E-state index in [0.717, 1.165) is 32.4 Å². The van der Waals surface area contributed by atoms with Crippen LogP contribution in [0, 0.1) is 0 Å². The number of hydrogen-bond acceptors (Lipinski definition) is 3. The van der Waals surface area contributed by atoms with E-state index in [9.17, 15) is 18.0 Å². The lowest BCUT2D eigenvalue weighted by molar-refractivity contribution is -0.175. The highest BCUT2D eigenvalue weighted by molar-refractivity contribution is 5.76. The average Bonchev–Trinajstić information content (AvgIpc) is 2.40. The number of alkyl halides is 3. The number of nitrogens with one attached hydrogen (secondary N) is 1. The Morgan fingerprint density at radius 3 is 2.55 bits per heavy atom. The van der Waals surface area contributed by atoms with E-state index in [1.165, 1.54) is 0 Å². The number of nitrogens with zero attached hydrogens (tertiary/aromatic N) is 1. The van der Waals surface area contributed by atoms with E-state index in [4.69, 9.17) is 0 Å². The first-order chi connectivity index (χ1) is 9.44. The van der Waals surface area contributed by atoms with Gasteiger partial charge in [0.15, 0.2) is 0 Å². The quantitative estimate of drug-likeness (QED) is 0.730. The van der Waals surface area contributed by atoms with Gasteiger partial charge in [-0.1, -0.05) is 6.92 Å². The number of ether oxygens (including phenoxy) is 1.